The lowest BCUT2D eigenvalue weighted by molar-refractivity contribution is -0.129. The lowest BCUT2D eigenvalue weighted by Crippen LogP contribution is -2.50. The number of hydrogen-bond donors (Lipinski definition) is 1. The molecule has 3 heterocycles. The molecule has 0 unspecified atom stereocenters. The summed E-state index contributed by atoms with van der Waals surface area (Å²) in [6.45, 7) is 5.82. The quantitative estimate of drug-likeness (QED) is 0.731. The molecule has 168 valence electrons. The molecule has 0 spiro atoms. The molecule has 0 saturated heterocycles. The monoisotopic (exact) mass is 436 g/mol. The highest BCUT2D eigenvalue weighted by atomic mass is 16.5. The van der Waals surface area contributed by atoms with Gasteiger partial charge in [0.2, 0.25) is 11.8 Å². The molecule has 8 heteroatoms. The molecule has 1 N–H and O–H groups in total. The van der Waals surface area contributed by atoms with Crippen molar-refractivity contribution < 1.29 is 19.4 Å². The number of hydrogen-bond acceptors (Lipinski definition) is 6. The van der Waals surface area contributed by atoms with Crippen LogP contribution in [0.2, 0.25) is 0 Å². The molecule has 2 aromatic rings. The van der Waals surface area contributed by atoms with Gasteiger partial charge in [0.15, 0.2) is 0 Å². The second-order valence-corrected chi connectivity index (χ2v) is 8.08. The van der Waals surface area contributed by atoms with E-state index in [9.17, 15) is 14.7 Å². The number of aliphatic hydroxyl groups excluding tert-OH is 1. The Kier molecular flexibility index (Phi) is 7.44. The summed E-state index contributed by atoms with van der Waals surface area (Å²) in [5.74, 6) is 5.82. The lowest BCUT2D eigenvalue weighted by atomic mass is 10.00. The standard InChI is InChI=1S/C24H28N4O4/c1-16-13-28(17(2)15-29)24(31)21-11-20(6-5-19-7-9-25-10-8-19)12-26-23(21)32-22(16)14-27(4)18(3)30/h7-12,16-17,22,29H,13-15H2,1-4H3/t16-,17-,22-/m1/s1. The normalized spacial score (nSPS) is 18.9. The first-order valence-corrected chi connectivity index (χ1v) is 10.5. The summed E-state index contributed by atoms with van der Waals surface area (Å²) in [6, 6.07) is 4.88. The zero-order valence-corrected chi connectivity index (χ0v) is 18.8. The Morgan fingerprint density at radius 2 is 2.03 bits per heavy atom. The number of amides is 2. The molecule has 3 rings (SSSR count). The third-order valence-electron chi connectivity index (χ3n) is 5.54. The Morgan fingerprint density at radius 1 is 1.34 bits per heavy atom. The van der Waals surface area contributed by atoms with Crippen molar-refractivity contribution in [2.24, 2.45) is 5.92 Å². The molecule has 8 nitrogen and oxygen atoms in total. The molecule has 3 atom stereocenters. The molecule has 32 heavy (non-hydrogen) atoms. The number of ether oxygens (including phenoxy) is 1. The smallest absolute Gasteiger partial charge is 0.259 e. The van der Waals surface area contributed by atoms with Gasteiger partial charge in [-0.3, -0.25) is 14.6 Å². The summed E-state index contributed by atoms with van der Waals surface area (Å²) in [5.41, 5.74) is 1.65. The molecule has 0 fully saturated rings. The molecule has 0 saturated carbocycles. The summed E-state index contributed by atoms with van der Waals surface area (Å²) in [6.07, 6.45) is 4.52. The number of carbonyl (C=O) groups is 2. The van der Waals surface area contributed by atoms with E-state index in [1.54, 1.807) is 60.6 Å². The van der Waals surface area contributed by atoms with Crippen LogP contribution in [0.25, 0.3) is 0 Å². The Hall–Kier alpha value is -3.44. The van der Waals surface area contributed by atoms with Crippen LogP contribution in [0.4, 0.5) is 0 Å². The van der Waals surface area contributed by atoms with E-state index in [4.69, 9.17) is 4.74 Å². The van der Waals surface area contributed by atoms with Gasteiger partial charge >= 0.3 is 0 Å². The molecule has 2 amide bonds. The van der Waals surface area contributed by atoms with Gasteiger partial charge in [-0.05, 0) is 25.1 Å². The minimum atomic E-state index is -0.381. The van der Waals surface area contributed by atoms with Gasteiger partial charge in [0.05, 0.1) is 19.2 Å². The zero-order chi connectivity index (χ0) is 23.3. The second kappa shape index (κ2) is 10.2. The number of likely N-dealkylation sites (N-methyl/N-ethyl adjacent to an activating group) is 1. The molecule has 0 aromatic carbocycles. The minimum absolute atomic E-state index is 0.0746. The van der Waals surface area contributed by atoms with Crippen LogP contribution in [0.3, 0.4) is 0 Å². The number of rotatable bonds is 4. The van der Waals surface area contributed by atoms with Gasteiger partial charge in [0.1, 0.15) is 11.7 Å². The summed E-state index contributed by atoms with van der Waals surface area (Å²) >= 11 is 0. The van der Waals surface area contributed by atoms with E-state index < -0.39 is 0 Å². The number of pyridine rings is 2. The maximum Gasteiger partial charge on any atom is 0.259 e. The summed E-state index contributed by atoms with van der Waals surface area (Å²) in [7, 11) is 1.71. The topological polar surface area (TPSA) is 95.9 Å². The van der Waals surface area contributed by atoms with Crippen LogP contribution in [-0.2, 0) is 4.79 Å². The van der Waals surface area contributed by atoms with E-state index in [1.165, 1.54) is 6.92 Å². The van der Waals surface area contributed by atoms with Gasteiger partial charge in [-0.2, -0.15) is 0 Å². The van der Waals surface area contributed by atoms with Crippen LogP contribution in [-0.4, -0.2) is 75.6 Å². The van der Waals surface area contributed by atoms with Crippen LogP contribution in [0.1, 0.15) is 42.3 Å². The molecular formula is C24H28N4O4. The van der Waals surface area contributed by atoms with Crippen LogP contribution < -0.4 is 4.74 Å². The van der Waals surface area contributed by atoms with Gasteiger partial charge in [-0.1, -0.05) is 18.8 Å². The van der Waals surface area contributed by atoms with Crippen molar-refractivity contribution >= 4 is 11.8 Å². The number of aromatic nitrogens is 2. The number of fused-ring (bicyclic) bond motifs is 1. The maximum atomic E-state index is 13.4. The summed E-state index contributed by atoms with van der Waals surface area (Å²) in [4.78, 5) is 36.7. The van der Waals surface area contributed by atoms with Crippen molar-refractivity contribution in [3.05, 3.63) is 53.5 Å². The second-order valence-electron chi connectivity index (χ2n) is 8.08. The molecule has 0 radical (unpaired) electrons. The van der Waals surface area contributed by atoms with Gasteiger partial charge < -0.3 is 19.6 Å². The third-order valence-corrected chi connectivity index (χ3v) is 5.54. The third kappa shape index (κ3) is 5.42. The van der Waals surface area contributed by atoms with Gasteiger partial charge in [-0.15, -0.1) is 0 Å². The highest BCUT2D eigenvalue weighted by Crippen LogP contribution is 2.27. The highest BCUT2D eigenvalue weighted by molar-refractivity contribution is 5.97. The zero-order valence-electron chi connectivity index (χ0n) is 18.8. The average Bonchev–Trinajstić information content (AvgIpc) is 2.80. The van der Waals surface area contributed by atoms with Crippen LogP contribution in [0.15, 0.2) is 36.8 Å². The fourth-order valence-corrected chi connectivity index (χ4v) is 3.37. The first-order valence-electron chi connectivity index (χ1n) is 10.5. The van der Waals surface area contributed by atoms with Crippen molar-refractivity contribution in [1.82, 2.24) is 19.8 Å². The fraction of sp³-hybridized carbons (Fsp3) is 0.417. The Bertz CT molecular complexity index is 1030. The first-order chi connectivity index (χ1) is 15.3. The number of nitrogens with zero attached hydrogens (tertiary/aromatic N) is 4. The van der Waals surface area contributed by atoms with Crippen molar-refractivity contribution in [1.29, 1.82) is 0 Å². The van der Waals surface area contributed by atoms with E-state index >= 15 is 0 Å². The van der Waals surface area contributed by atoms with E-state index in [0.717, 1.165) is 5.56 Å². The molecule has 1 aliphatic heterocycles. The van der Waals surface area contributed by atoms with E-state index in [-0.39, 0.29) is 47.9 Å². The summed E-state index contributed by atoms with van der Waals surface area (Å²) in [5, 5.41) is 9.73. The van der Waals surface area contributed by atoms with E-state index in [2.05, 4.69) is 21.8 Å². The Balaban J connectivity index is 2.00. The molecule has 2 aromatic heterocycles. The van der Waals surface area contributed by atoms with Crippen LogP contribution in [0, 0.1) is 17.8 Å². The minimum Gasteiger partial charge on any atom is -0.472 e. The first kappa shape index (κ1) is 23.2. The fourth-order valence-electron chi connectivity index (χ4n) is 3.37. The maximum absolute atomic E-state index is 13.4. The predicted molar refractivity (Wildman–Crippen MR) is 119 cm³/mol. The molecular weight excluding hydrogens is 408 g/mol. The van der Waals surface area contributed by atoms with Gasteiger partial charge in [0, 0.05) is 56.2 Å². The highest BCUT2D eigenvalue weighted by Gasteiger charge is 2.34. The van der Waals surface area contributed by atoms with Gasteiger partial charge in [-0.25, -0.2) is 4.98 Å². The van der Waals surface area contributed by atoms with Crippen molar-refractivity contribution in [2.75, 3.05) is 26.7 Å². The Morgan fingerprint density at radius 3 is 2.69 bits per heavy atom. The predicted octanol–water partition coefficient (Wildman–Crippen LogP) is 1.57. The van der Waals surface area contributed by atoms with Crippen LogP contribution in [0.5, 0.6) is 5.88 Å². The van der Waals surface area contributed by atoms with Crippen molar-refractivity contribution in [2.45, 2.75) is 32.9 Å². The lowest BCUT2D eigenvalue weighted by Gasteiger charge is -2.37. The van der Waals surface area contributed by atoms with E-state index in [0.29, 0.717) is 18.7 Å². The molecule has 1 aliphatic rings. The molecule has 0 aliphatic carbocycles. The Labute approximate surface area is 188 Å². The largest absolute Gasteiger partial charge is 0.472 e. The van der Waals surface area contributed by atoms with Crippen molar-refractivity contribution in [3.8, 4) is 17.7 Å². The van der Waals surface area contributed by atoms with Crippen molar-refractivity contribution in [3.63, 3.8) is 0 Å². The number of aliphatic hydroxyl groups is 1. The average molecular weight is 437 g/mol. The summed E-state index contributed by atoms with van der Waals surface area (Å²) < 4.78 is 6.15. The molecule has 0 bridgehead atoms. The van der Waals surface area contributed by atoms with E-state index in [1.807, 2.05) is 6.92 Å². The van der Waals surface area contributed by atoms with Crippen LogP contribution >= 0.6 is 0 Å². The number of carbonyl (C=O) groups excluding carboxylic acids is 2. The SMILES string of the molecule is CC(=O)N(C)C[C@H]1Oc2ncc(C#Cc3ccncc3)cc2C(=O)N([C@H](C)CO)C[C@H]1C. The van der Waals surface area contributed by atoms with Gasteiger partial charge in [0.25, 0.3) is 5.91 Å².